The molecule has 5 rings (SSSR count). The van der Waals surface area contributed by atoms with Gasteiger partial charge in [0.05, 0.1) is 18.2 Å². The van der Waals surface area contributed by atoms with Crippen molar-refractivity contribution in [3.63, 3.8) is 0 Å². The molecule has 2 aromatic carbocycles. The van der Waals surface area contributed by atoms with Gasteiger partial charge in [0.25, 0.3) is 5.91 Å². The van der Waals surface area contributed by atoms with Crippen LogP contribution in [-0.2, 0) is 18.9 Å². The molecule has 0 bridgehead atoms. The number of carbonyl (C=O) groups is 2. The van der Waals surface area contributed by atoms with Gasteiger partial charge in [0.1, 0.15) is 11.7 Å². The van der Waals surface area contributed by atoms with E-state index in [9.17, 15) is 9.59 Å². The molecule has 0 aliphatic heterocycles. The van der Waals surface area contributed by atoms with Crippen molar-refractivity contribution in [1.29, 1.82) is 0 Å². The van der Waals surface area contributed by atoms with Gasteiger partial charge >= 0.3 is 0 Å². The number of nitrogens with one attached hydrogen (secondary N) is 2. The minimum absolute atomic E-state index is 0.290. The molecule has 0 fully saturated rings. The third kappa shape index (κ3) is 4.01. The highest BCUT2D eigenvalue weighted by Gasteiger charge is 2.33. The minimum Gasteiger partial charge on any atom is -0.338 e. The molecule has 0 spiro atoms. The summed E-state index contributed by atoms with van der Waals surface area (Å²) in [6.07, 6.45) is 9.04. The molecule has 4 aromatic rings. The molecule has 34 heavy (non-hydrogen) atoms. The maximum absolute atomic E-state index is 13.5. The Hall–Kier alpha value is -4.46. The van der Waals surface area contributed by atoms with E-state index in [1.807, 2.05) is 72.3 Å². The maximum atomic E-state index is 13.5. The van der Waals surface area contributed by atoms with Gasteiger partial charge in [0, 0.05) is 31.9 Å². The van der Waals surface area contributed by atoms with Gasteiger partial charge in [-0.1, -0.05) is 48.6 Å². The Labute approximate surface area is 196 Å². The van der Waals surface area contributed by atoms with Crippen molar-refractivity contribution in [2.75, 3.05) is 5.32 Å². The van der Waals surface area contributed by atoms with E-state index in [0.717, 1.165) is 22.4 Å². The molecule has 2 amide bonds. The van der Waals surface area contributed by atoms with E-state index in [2.05, 4.69) is 20.7 Å². The predicted molar refractivity (Wildman–Crippen MR) is 130 cm³/mol. The summed E-state index contributed by atoms with van der Waals surface area (Å²) < 4.78 is 3.42. The second kappa shape index (κ2) is 8.82. The third-order valence-electron chi connectivity index (χ3n) is 6.08. The van der Waals surface area contributed by atoms with Crippen molar-refractivity contribution in [3.05, 3.63) is 96.2 Å². The van der Waals surface area contributed by atoms with Crippen LogP contribution in [0.2, 0.25) is 0 Å². The van der Waals surface area contributed by atoms with Crippen LogP contribution in [-0.4, -0.2) is 37.2 Å². The largest absolute Gasteiger partial charge is 0.338 e. The Morgan fingerprint density at radius 1 is 1.03 bits per heavy atom. The second-order valence-corrected chi connectivity index (χ2v) is 8.26. The van der Waals surface area contributed by atoms with Gasteiger partial charge in [-0.3, -0.25) is 14.3 Å². The third-order valence-corrected chi connectivity index (χ3v) is 6.08. The van der Waals surface area contributed by atoms with Gasteiger partial charge in [-0.05, 0) is 34.9 Å². The smallest absolute Gasteiger partial charge is 0.270 e. The normalized spacial score (nSPS) is 15.1. The van der Waals surface area contributed by atoms with Gasteiger partial charge in [-0.15, -0.1) is 0 Å². The molecule has 1 aliphatic rings. The number of rotatable bonds is 6. The van der Waals surface area contributed by atoms with Crippen molar-refractivity contribution >= 4 is 23.6 Å². The number of anilines is 1. The summed E-state index contributed by atoms with van der Waals surface area (Å²) in [6.45, 7) is 0. The van der Waals surface area contributed by atoms with Gasteiger partial charge in [-0.2, -0.15) is 5.10 Å². The van der Waals surface area contributed by atoms with Crippen LogP contribution in [0.15, 0.2) is 79.4 Å². The standard InChI is InChI=1S/C26H24N6O2/c1-31-16-27-15-23(31)18-7-10-19(11-8-18)29-26(34)24(30-25(33)22-13-14-28-32(22)2)21-12-9-17-5-3-4-6-20(17)21/h3-16,21,24H,1-2H3,(H,29,34)(H,30,33)/t21-,24-/m0/s1. The highest BCUT2D eigenvalue weighted by Crippen LogP contribution is 2.33. The lowest BCUT2D eigenvalue weighted by Gasteiger charge is -2.24. The average molecular weight is 453 g/mol. The number of carbonyl (C=O) groups excluding carboxylic acids is 2. The number of aromatic nitrogens is 4. The minimum atomic E-state index is -0.806. The number of imidazole rings is 1. The van der Waals surface area contributed by atoms with Crippen LogP contribution < -0.4 is 10.6 Å². The molecule has 2 atom stereocenters. The molecule has 1 aliphatic carbocycles. The first-order valence-electron chi connectivity index (χ1n) is 10.9. The van der Waals surface area contributed by atoms with Crippen molar-refractivity contribution in [1.82, 2.24) is 24.6 Å². The lowest BCUT2D eigenvalue weighted by Crippen LogP contribution is -2.47. The molecular formula is C26H24N6O2. The molecule has 2 aromatic heterocycles. The highest BCUT2D eigenvalue weighted by atomic mass is 16.2. The Morgan fingerprint density at radius 3 is 2.53 bits per heavy atom. The van der Waals surface area contributed by atoms with Gasteiger partial charge < -0.3 is 15.2 Å². The van der Waals surface area contributed by atoms with Gasteiger partial charge in [0.2, 0.25) is 5.91 Å². The van der Waals surface area contributed by atoms with E-state index in [0.29, 0.717) is 11.4 Å². The Morgan fingerprint density at radius 2 is 1.82 bits per heavy atom. The van der Waals surface area contributed by atoms with Crippen LogP contribution >= 0.6 is 0 Å². The number of hydrogen-bond donors (Lipinski definition) is 2. The molecule has 170 valence electrons. The molecule has 0 saturated carbocycles. The summed E-state index contributed by atoms with van der Waals surface area (Å²) in [5.41, 5.74) is 5.04. The van der Waals surface area contributed by atoms with Crippen molar-refractivity contribution < 1.29 is 9.59 Å². The van der Waals surface area contributed by atoms with E-state index in [-0.39, 0.29) is 17.7 Å². The second-order valence-electron chi connectivity index (χ2n) is 8.26. The maximum Gasteiger partial charge on any atom is 0.270 e. The number of amides is 2. The first kappa shape index (κ1) is 21.4. The van der Waals surface area contributed by atoms with E-state index < -0.39 is 6.04 Å². The molecular weight excluding hydrogens is 428 g/mol. The number of nitrogens with zero attached hydrogens (tertiary/aromatic N) is 4. The van der Waals surface area contributed by atoms with E-state index in [4.69, 9.17) is 0 Å². The lowest BCUT2D eigenvalue weighted by molar-refractivity contribution is -0.118. The molecule has 2 heterocycles. The van der Waals surface area contributed by atoms with Crippen LogP contribution in [0.3, 0.4) is 0 Å². The molecule has 0 saturated heterocycles. The Bertz CT molecular complexity index is 1380. The van der Waals surface area contributed by atoms with Crippen molar-refractivity contribution in [3.8, 4) is 11.3 Å². The molecule has 2 N–H and O–H groups in total. The van der Waals surface area contributed by atoms with Gasteiger partial charge in [-0.25, -0.2) is 4.98 Å². The number of fused-ring (bicyclic) bond motifs is 1. The first-order valence-corrected chi connectivity index (χ1v) is 10.9. The summed E-state index contributed by atoms with van der Waals surface area (Å²) in [5, 5.41) is 9.96. The van der Waals surface area contributed by atoms with Crippen molar-refractivity contribution in [2.45, 2.75) is 12.0 Å². The van der Waals surface area contributed by atoms with Gasteiger partial charge in [0.15, 0.2) is 0 Å². The summed E-state index contributed by atoms with van der Waals surface area (Å²) in [5.74, 6) is -0.943. The summed E-state index contributed by atoms with van der Waals surface area (Å²) in [6, 6.07) is 16.3. The monoisotopic (exact) mass is 452 g/mol. The Balaban J connectivity index is 1.40. The number of benzene rings is 2. The van der Waals surface area contributed by atoms with E-state index in [1.165, 1.54) is 4.68 Å². The zero-order chi connectivity index (χ0) is 23.7. The molecule has 0 radical (unpaired) electrons. The fraction of sp³-hybridized carbons (Fsp3) is 0.154. The topological polar surface area (TPSA) is 93.8 Å². The van der Waals surface area contributed by atoms with Crippen LogP contribution in [0, 0.1) is 0 Å². The van der Waals surface area contributed by atoms with Crippen LogP contribution in [0.1, 0.15) is 27.5 Å². The molecule has 8 nitrogen and oxygen atoms in total. The Kier molecular flexibility index (Phi) is 5.55. The van der Waals surface area contributed by atoms with E-state index in [1.54, 1.807) is 31.8 Å². The highest BCUT2D eigenvalue weighted by molar-refractivity contribution is 6.01. The SMILES string of the molecule is Cn1cncc1-c1ccc(NC(=O)[C@@H](NC(=O)c2ccnn2C)[C@H]2C=Cc3ccccc32)cc1. The number of hydrogen-bond acceptors (Lipinski definition) is 4. The predicted octanol–water partition coefficient (Wildman–Crippen LogP) is 3.37. The fourth-order valence-electron chi connectivity index (χ4n) is 4.28. The van der Waals surface area contributed by atoms with Crippen LogP contribution in [0.5, 0.6) is 0 Å². The summed E-state index contributed by atoms with van der Waals surface area (Å²) in [7, 11) is 3.62. The quantitative estimate of drug-likeness (QED) is 0.469. The molecule has 8 heteroatoms. The average Bonchev–Trinajstić information content (AvgIpc) is 3.57. The summed E-state index contributed by atoms with van der Waals surface area (Å²) >= 11 is 0. The number of aryl methyl sites for hydroxylation is 2. The summed E-state index contributed by atoms with van der Waals surface area (Å²) in [4.78, 5) is 30.6. The van der Waals surface area contributed by atoms with Crippen molar-refractivity contribution in [2.24, 2.45) is 14.1 Å². The zero-order valence-corrected chi connectivity index (χ0v) is 18.8. The fourth-order valence-corrected chi connectivity index (χ4v) is 4.28. The lowest BCUT2D eigenvalue weighted by atomic mass is 9.92. The molecule has 0 unspecified atom stereocenters. The zero-order valence-electron chi connectivity index (χ0n) is 18.8. The first-order chi connectivity index (χ1) is 16.5. The van der Waals surface area contributed by atoms with Crippen LogP contribution in [0.4, 0.5) is 5.69 Å². The van der Waals surface area contributed by atoms with E-state index >= 15 is 0 Å². The van der Waals surface area contributed by atoms with Crippen LogP contribution in [0.25, 0.3) is 17.3 Å².